The number of methoxy groups -OCH3 is 1. The minimum absolute atomic E-state index is 0.539. The Morgan fingerprint density at radius 1 is 1.00 bits per heavy atom. The molecule has 1 heterocycles. The van der Waals surface area contributed by atoms with E-state index in [9.17, 15) is 0 Å². The fraction of sp³-hybridized carbons (Fsp3) is 0.125. The van der Waals surface area contributed by atoms with Gasteiger partial charge in [0.1, 0.15) is 18.1 Å². The van der Waals surface area contributed by atoms with Gasteiger partial charge in [-0.2, -0.15) is 0 Å². The normalized spacial score (nSPS) is 10.6. The molecule has 96 valence electrons. The van der Waals surface area contributed by atoms with E-state index in [4.69, 9.17) is 9.47 Å². The smallest absolute Gasteiger partial charge is 0.123 e. The lowest BCUT2D eigenvalue weighted by molar-refractivity contribution is 0.305. The van der Waals surface area contributed by atoms with Gasteiger partial charge in [0, 0.05) is 28.7 Å². The van der Waals surface area contributed by atoms with E-state index in [1.54, 1.807) is 7.11 Å². The molecule has 0 aliphatic carbocycles. The van der Waals surface area contributed by atoms with Gasteiger partial charge < -0.3 is 14.5 Å². The second-order valence-corrected chi connectivity index (χ2v) is 4.33. The van der Waals surface area contributed by atoms with Crippen molar-refractivity contribution in [1.82, 2.24) is 4.98 Å². The molecule has 0 aliphatic rings. The van der Waals surface area contributed by atoms with Gasteiger partial charge in [-0.1, -0.05) is 24.3 Å². The number of H-pyrrole nitrogens is 1. The molecule has 0 radical (unpaired) electrons. The number of nitrogens with one attached hydrogen (secondary N) is 1. The maximum Gasteiger partial charge on any atom is 0.123 e. The highest BCUT2D eigenvalue weighted by molar-refractivity contribution is 5.82. The molecule has 2 aromatic carbocycles. The Morgan fingerprint density at radius 2 is 1.84 bits per heavy atom. The molecule has 3 rings (SSSR count). The van der Waals surface area contributed by atoms with Crippen LogP contribution in [0.3, 0.4) is 0 Å². The molecular weight excluding hydrogens is 238 g/mol. The van der Waals surface area contributed by atoms with Gasteiger partial charge in [-0.15, -0.1) is 0 Å². The first-order valence-corrected chi connectivity index (χ1v) is 6.18. The Bertz CT molecular complexity index is 688. The zero-order chi connectivity index (χ0) is 13.1. The number of aromatic amines is 1. The molecule has 0 saturated carbocycles. The molecule has 0 saturated heterocycles. The Morgan fingerprint density at radius 3 is 2.74 bits per heavy atom. The van der Waals surface area contributed by atoms with Crippen molar-refractivity contribution in [2.24, 2.45) is 0 Å². The molecular formula is C16H15NO2. The van der Waals surface area contributed by atoms with Crippen LogP contribution < -0.4 is 9.47 Å². The lowest BCUT2D eigenvalue weighted by Gasteiger charge is -2.07. The summed E-state index contributed by atoms with van der Waals surface area (Å²) >= 11 is 0. The number of para-hydroxylation sites is 1. The van der Waals surface area contributed by atoms with Crippen LogP contribution in [-0.4, -0.2) is 12.1 Å². The largest absolute Gasteiger partial charge is 0.497 e. The first-order valence-electron chi connectivity index (χ1n) is 6.18. The topological polar surface area (TPSA) is 34.2 Å². The molecule has 1 aromatic heterocycles. The summed E-state index contributed by atoms with van der Waals surface area (Å²) in [6.45, 7) is 0.539. The second-order valence-electron chi connectivity index (χ2n) is 4.33. The Labute approximate surface area is 111 Å². The molecule has 3 nitrogen and oxygen atoms in total. The summed E-state index contributed by atoms with van der Waals surface area (Å²) in [5.74, 6) is 1.61. The van der Waals surface area contributed by atoms with Crippen molar-refractivity contribution >= 4 is 10.9 Å². The van der Waals surface area contributed by atoms with Gasteiger partial charge in [-0.05, 0) is 18.2 Å². The zero-order valence-corrected chi connectivity index (χ0v) is 10.7. The first kappa shape index (κ1) is 11.7. The van der Waals surface area contributed by atoms with E-state index in [-0.39, 0.29) is 0 Å². The number of ether oxygens (including phenoxy) is 2. The molecule has 0 amide bonds. The highest BCUT2D eigenvalue weighted by Gasteiger charge is 2.04. The van der Waals surface area contributed by atoms with Crippen molar-refractivity contribution in [2.45, 2.75) is 6.61 Å². The molecule has 0 aliphatic heterocycles. The van der Waals surface area contributed by atoms with Gasteiger partial charge in [0.25, 0.3) is 0 Å². The molecule has 0 unspecified atom stereocenters. The zero-order valence-electron chi connectivity index (χ0n) is 10.7. The standard InChI is InChI=1S/C16H15NO2/c1-18-13-5-4-6-14(9-13)19-11-12-10-17-16-8-3-2-7-15(12)16/h2-10,17H,11H2,1H3. The van der Waals surface area contributed by atoms with Crippen LogP contribution in [0, 0.1) is 0 Å². The molecule has 0 fully saturated rings. The Hall–Kier alpha value is -2.42. The second kappa shape index (κ2) is 5.06. The first-order chi connectivity index (χ1) is 9.36. The minimum Gasteiger partial charge on any atom is -0.497 e. The lowest BCUT2D eigenvalue weighted by Crippen LogP contribution is -1.94. The maximum atomic E-state index is 5.80. The number of rotatable bonds is 4. The van der Waals surface area contributed by atoms with Gasteiger partial charge in [0.05, 0.1) is 7.11 Å². The summed E-state index contributed by atoms with van der Waals surface area (Å²) in [5.41, 5.74) is 2.28. The summed E-state index contributed by atoms with van der Waals surface area (Å²) in [7, 11) is 1.65. The predicted molar refractivity (Wildman–Crippen MR) is 75.6 cm³/mol. The van der Waals surface area contributed by atoms with Crippen molar-refractivity contribution in [3.8, 4) is 11.5 Å². The molecule has 3 heteroatoms. The molecule has 0 bridgehead atoms. The SMILES string of the molecule is COc1cccc(OCc2c[nH]c3ccccc23)c1. The molecule has 19 heavy (non-hydrogen) atoms. The van der Waals surface area contributed by atoms with Gasteiger partial charge in [-0.25, -0.2) is 0 Å². The monoisotopic (exact) mass is 253 g/mol. The van der Waals surface area contributed by atoms with Crippen molar-refractivity contribution in [1.29, 1.82) is 0 Å². The van der Waals surface area contributed by atoms with Crippen LogP contribution in [0.5, 0.6) is 11.5 Å². The highest BCUT2D eigenvalue weighted by Crippen LogP contribution is 2.22. The molecule has 1 N–H and O–H groups in total. The van der Waals surface area contributed by atoms with Crippen LogP contribution in [0.15, 0.2) is 54.7 Å². The summed E-state index contributed by atoms with van der Waals surface area (Å²) in [6, 6.07) is 15.8. The average molecular weight is 253 g/mol. The number of hydrogen-bond acceptors (Lipinski definition) is 2. The molecule has 0 spiro atoms. The number of benzene rings is 2. The summed E-state index contributed by atoms with van der Waals surface area (Å²) in [5, 5.41) is 1.20. The fourth-order valence-electron chi connectivity index (χ4n) is 2.10. The van der Waals surface area contributed by atoms with E-state index in [0.29, 0.717) is 6.61 Å². The van der Waals surface area contributed by atoms with Crippen LogP contribution in [0.25, 0.3) is 10.9 Å². The number of hydrogen-bond donors (Lipinski definition) is 1. The van der Waals surface area contributed by atoms with E-state index in [0.717, 1.165) is 22.6 Å². The lowest BCUT2D eigenvalue weighted by atomic mass is 10.2. The van der Waals surface area contributed by atoms with Crippen LogP contribution in [0.1, 0.15) is 5.56 Å². The molecule has 3 aromatic rings. The quantitative estimate of drug-likeness (QED) is 0.768. The average Bonchev–Trinajstić information content (AvgIpc) is 2.89. The Balaban J connectivity index is 1.78. The van der Waals surface area contributed by atoms with Crippen molar-refractivity contribution < 1.29 is 9.47 Å². The van der Waals surface area contributed by atoms with E-state index in [1.807, 2.05) is 42.6 Å². The van der Waals surface area contributed by atoms with E-state index in [1.165, 1.54) is 5.39 Å². The summed E-state index contributed by atoms with van der Waals surface area (Å²) in [4.78, 5) is 3.24. The van der Waals surface area contributed by atoms with Crippen LogP contribution >= 0.6 is 0 Å². The van der Waals surface area contributed by atoms with Crippen molar-refractivity contribution in [3.63, 3.8) is 0 Å². The van der Waals surface area contributed by atoms with Crippen LogP contribution in [0.2, 0.25) is 0 Å². The van der Waals surface area contributed by atoms with Gasteiger partial charge in [0.15, 0.2) is 0 Å². The maximum absolute atomic E-state index is 5.80. The van der Waals surface area contributed by atoms with Gasteiger partial charge >= 0.3 is 0 Å². The third kappa shape index (κ3) is 2.40. The van der Waals surface area contributed by atoms with E-state index in [2.05, 4.69) is 17.1 Å². The Kier molecular flexibility index (Phi) is 3.11. The fourth-order valence-corrected chi connectivity index (χ4v) is 2.10. The number of aromatic nitrogens is 1. The predicted octanol–water partition coefficient (Wildman–Crippen LogP) is 3.76. The third-order valence-corrected chi connectivity index (χ3v) is 3.11. The van der Waals surface area contributed by atoms with Crippen molar-refractivity contribution in [2.75, 3.05) is 7.11 Å². The summed E-state index contributed by atoms with van der Waals surface area (Å²) in [6.07, 6.45) is 1.99. The van der Waals surface area contributed by atoms with E-state index < -0.39 is 0 Å². The van der Waals surface area contributed by atoms with Crippen LogP contribution in [0.4, 0.5) is 0 Å². The van der Waals surface area contributed by atoms with E-state index >= 15 is 0 Å². The third-order valence-electron chi connectivity index (χ3n) is 3.11. The van der Waals surface area contributed by atoms with Crippen LogP contribution in [-0.2, 0) is 6.61 Å². The van der Waals surface area contributed by atoms with Gasteiger partial charge in [0.2, 0.25) is 0 Å². The highest BCUT2D eigenvalue weighted by atomic mass is 16.5. The summed E-state index contributed by atoms with van der Waals surface area (Å²) < 4.78 is 11.0. The van der Waals surface area contributed by atoms with Gasteiger partial charge in [-0.3, -0.25) is 0 Å². The molecule has 0 atom stereocenters. The van der Waals surface area contributed by atoms with Crippen molar-refractivity contribution in [3.05, 3.63) is 60.3 Å². The number of fused-ring (bicyclic) bond motifs is 1. The minimum atomic E-state index is 0.539.